The van der Waals surface area contributed by atoms with E-state index < -0.39 is 11.6 Å². The van der Waals surface area contributed by atoms with Crippen LogP contribution >= 0.6 is 0 Å². The van der Waals surface area contributed by atoms with Crippen LogP contribution in [0.1, 0.15) is 34.1 Å². The third kappa shape index (κ3) is 3.18. The first-order valence-corrected chi connectivity index (χ1v) is 8.84. The highest BCUT2D eigenvalue weighted by atomic mass is 19.1. The summed E-state index contributed by atoms with van der Waals surface area (Å²) in [6.45, 7) is 1.92. The molecule has 0 N–H and O–H groups in total. The fourth-order valence-corrected chi connectivity index (χ4v) is 3.26. The number of halogens is 1. The molecule has 2 aromatic heterocycles. The molecule has 1 aliphatic heterocycles. The number of alkyl halides is 1. The second kappa shape index (κ2) is 7.16. The Morgan fingerprint density at radius 2 is 2.07 bits per heavy atom. The summed E-state index contributed by atoms with van der Waals surface area (Å²) >= 11 is 0. The zero-order valence-electron chi connectivity index (χ0n) is 15.5. The van der Waals surface area contributed by atoms with Crippen LogP contribution in [0.5, 0.6) is 0 Å². The molecule has 1 aromatic carbocycles. The van der Waals surface area contributed by atoms with Gasteiger partial charge in [0.2, 0.25) is 5.82 Å². The predicted molar refractivity (Wildman–Crippen MR) is 95.0 cm³/mol. The van der Waals surface area contributed by atoms with Crippen LogP contribution in [0, 0.1) is 6.92 Å². The highest BCUT2D eigenvalue weighted by Crippen LogP contribution is 2.36. The van der Waals surface area contributed by atoms with Crippen LogP contribution in [0.2, 0.25) is 0 Å². The first-order chi connectivity index (χ1) is 13.5. The number of benzene rings is 1. The minimum atomic E-state index is -1.88. The number of amides is 1. The molecule has 8 nitrogen and oxygen atoms in total. The maximum Gasteiger partial charge on any atom is 0.276 e. The first kappa shape index (κ1) is 18.3. The van der Waals surface area contributed by atoms with Crippen molar-refractivity contribution >= 4 is 5.91 Å². The van der Waals surface area contributed by atoms with Crippen LogP contribution in [0.4, 0.5) is 4.39 Å². The van der Waals surface area contributed by atoms with E-state index in [2.05, 4.69) is 15.3 Å². The number of aryl methyl sites for hydroxylation is 1. The Morgan fingerprint density at radius 3 is 2.82 bits per heavy atom. The molecule has 28 heavy (non-hydrogen) atoms. The number of carbonyl (C=O) groups is 1. The summed E-state index contributed by atoms with van der Waals surface area (Å²) in [5.41, 5.74) is -0.471. The summed E-state index contributed by atoms with van der Waals surface area (Å²) in [5, 5.41) is 7.64. The number of rotatable bonds is 5. The quantitative estimate of drug-likeness (QED) is 0.665. The second-order valence-electron chi connectivity index (χ2n) is 6.73. The number of ether oxygens (including phenoxy) is 1. The minimum Gasteiger partial charge on any atom is -0.380 e. The summed E-state index contributed by atoms with van der Waals surface area (Å²) in [5.74, 6) is 0.277. The molecule has 0 spiro atoms. The normalized spacial score (nSPS) is 19.3. The zero-order valence-corrected chi connectivity index (χ0v) is 15.5. The lowest BCUT2D eigenvalue weighted by molar-refractivity contribution is 0.0728. The van der Waals surface area contributed by atoms with Crippen molar-refractivity contribution in [2.75, 3.05) is 20.2 Å². The molecule has 3 heterocycles. The fraction of sp³-hybridized carbons (Fsp3) is 0.368. The Bertz CT molecular complexity index is 987. The molecule has 1 fully saturated rings. The van der Waals surface area contributed by atoms with Gasteiger partial charge in [-0.1, -0.05) is 28.5 Å². The lowest BCUT2D eigenvalue weighted by atomic mass is 10.1. The highest BCUT2D eigenvalue weighted by molar-refractivity contribution is 5.94. The van der Waals surface area contributed by atoms with E-state index in [9.17, 15) is 4.79 Å². The van der Waals surface area contributed by atoms with Gasteiger partial charge in [0.25, 0.3) is 11.8 Å². The van der Waals surface area contributed by atoms with Crippen LogP contribution in [0.25, 0.3) is 11.5 Å². The Morgan fingerprint density at radius 1 is 1.29 bits per heavy atom. The molecule has 0 bridgehead atoms. The molecule has 1 saturated heterocycles. The van der Waals surface area contributed by atoms with Crippen molar-refractivity contribution in [1.82, 2.24) is 20.2 Å². The van der Waals surface area contributed by atoms with Crippen molar-refractivity contribution in [2.45, 2.75) is 25.6 Å². The van der Waals surface area contributed by atoms with E-state index in [-0.39, 0.29) is 43.5 Å². The van der Waals surface area contributed by atoms with Crippen molar-refractivity contribution in [3.63, 3.8) is 0 Å². The smallest absolute Gasteiger partial charge is 0.276 e. The number of carbonyl (C=O) groups excluding carboxylic acids is 1. The molecule has 146 valence electrons. The number of aromatic nitrogens is 3. The largest absolute Gasteiger partial charge is 0.380 e. The van der Waals surface area contributed by atoms with Gasteiger partial charge in [0.15, 0.2) is 11.4 Å². The van der Waals surface area contributed by atoms with Crippen molar-refractivity contribution in [1.29, 1.82) is 0 Å². The molecular formula is C19H19FN4O4. The Balaban J connectivity index is 1.53. The maximum atomic E-state index is 15.5. The monoisotopic (exact) mass is 386 g/mol. The van der Waals surface area contributed by atoms with Crippen molar-refractivity contribution < 1.29 is 23.0 Å². The predicted octanol–water partition coefficient (Wildman–Crippen LogP) is 2.89. The molecule has 1 unspecified atom stereocenters. The Labute approximate surface area is 160 Å². The van der Waals surface area contributed by atoms with Crippen LogP contribution in [-0.2, 0) is 17.0 Å². The molecule has 1 amide bonds. The summed E-state index contributed by atoms with van der Waals surface area (Å²) < 4.78 is 30.9. The van der Waals surface area contributed by atoms with Crippen LogP contribution in [0.15, 0.2) is 39.4 Å². The summed E-state index contributed by atoms with van der Waals surface area (Å²) in [7, 11) is 1.52. The third-order valence-corrected chi connectivity index (χ3v) is 4.83. The van der Waals surface area contributed by atoms with Gasteiger partial charge in [0, 0.05) is 25.6 Å². The molecule has 0 saturated carbocycles. The van der Waals surface area contributed by atoms with E-state index >= 15 is 4.39 Å². The number of methoxy groups -OCH3 is 1. The molecule has 1 aliphatic rings. The number of nitrogens with zero attached hydrogens (tertiary/aromatic N) is 4. The maximum absolute atomic E-state index is 15.5. The summed E-state index contributed by atoms with van der Waals surface area (Å²) in [6.07, 6.45) is 0.0724. The van der Waals surface area contributed by atoms with Crippen LogP contribution < -0.4 is 0 Å². The third-order valence-electron chi connectivity index (χ3n) is 4.83. The molecule has 0 radical (unpaired) electrons. The van der Waals surface area contributed by atoms with Gasteiger partial charge in [0.1, 0.15) is 5.76 Å². The van der Waals surface area contributed by atoms with Gasteiger partial charge in [-0.05, 0) is 19.1 Å². The molecule has 1 atom stereocenters. The van der Waals surface area contributed by atoms with Gasteiger partial charge in [-0.15, -0.1) is 0 Å². The second-order valence-corrected chi connectivity index (χ2v) is 6.73. The van der Waals surface area contributed by atoms with Crippen LogP contribution in [-0.4, -0.2) is 46.3 Å². The van der Waals surface area contributed by atoms with E-state index in [1.807, 2.05) is 18.2 Å². The molecule has 0 aliphatic carbocycles. The van der Waals surface area contributed by atoms with E-state index in [1.165, 1.54) is 12.0 Å². The topological polar surface area (TPSA) is 94.5 Å². The summed E-state index contributed by atoms with van der Waals surface area (Å²) in [4.78, 5) is 18.4. The van der Waals surface area contributed by atoms with Gasteiger partial charge in [-0.2, -0.15) is 4.98 Å². The fourth-order valence-electron chi connectivity index (χ4n) is 3.26. The standard InChI is InChI=1S/C19H19FN4O4/c1-12-14(10-26-2)15(22-27-12)17(25)24-9-8-19(20,11-24)18-21-16(28-23-18)13-6-4-3-5-7-13/h3-7H,8-11H2,1-2H3. The van der Waals surface area contributed by atoms with Crippen LogP contribution in [0.3, 0.4) is 0 Å². The minimum absolute atomic E-state index is 0.0601. The first-order valence-electron chi connectivity index (χ1n) is 8.84. The van der Waals surface area contributed by atoms with E-state index in [0.717, 1.165) is 0 Å². The molecular weight excluding hydrogens is 367 g/mol. The van der Waals surface area contributed by atoms with Crippen molar-refractivity contribution in [3.05, 3.63) is 53.2 Å². The van der Waals surface area contributed by atoms with E-state index in [4.69, 9.17) is 13.8 Å². The molecule has 4 rings (SSSR count). The average Bonchev–Trinajstić information content (AvgIpc) is 3.43. The summed E-state index contributed by atoms with van der Waals surface area (Å²) in [6, 6.07) is 9.13. The molecule has 9 heteroatoms. The van der Waals surface area contributed by atoms with Gasteiger partial charge in [0.05, 0.1) is 18.7 Å². The number of likely N-dealkylation sites (tertiary alicyclic amines) is 1. The van der Waals surface area contributed by atoms with Crippen molar-refractivity contribution in [2.24, 2.45) is 0 Å². The lowest BCUT2D eigenvalue weighted by Crippen LogP contribution is -2.33. The SMILES string of the molecule is COCc1c(C(=O)N2CCC(F)(c3noc(-c4ccccc4)n3)C2)noc1C. The van der Waals surface area contributed by atoms with E-state index in [0.29, 0.717) is 16.9 Å². The van der Waals surface area contributed by atoms with E-state index in [1.54, 1.807) is 19.1 Å². The Hall–Kier alpha value is -3.07. The lowest BCUT2D eigenvalue weighted by Gasteiger charge is -2.17. The zero-order chi connectivity index (χ0) is 19.7. The van der Waals surface area contributed by atoms with Crippen molar-refractivity contribution in [3.8, 4) is 11.5 Å². The van der Waals surface area contributed by atoms with Gasteiger partial charge in [-0.3, -0.25) is 4.79 Å². The Kier molecular flexibility index (Phi) is 4.68. The number of hydrogen-bond acceptors (Lipinski definition) is 7. The van der Waals surface area contributed by atoms with Gasteiger partial charge in [-0.25, -0.2) is 4.39 Å². The van der Waals surface area contributed by atoms with Gasteiger partial charge < -0.3 is 18.7 Å². The van der Waals surface area contributed by atoms with Gasteiger partial charge >= 0.3 is 0 Å². The molecule has 3 aromatic rings. The number of hydrogen-bond donors (Lipinski definition) is 0. The highest BCUT2D eigenvalue weighted by Gasteiger charge is 2.46. The average molecular weight is 386 g/mol.